The normalized spacial score (nSPS) is 20.0. The predicted molar refractivity (Wildman–Crippen MR) is 140 cm³/mol. The number of ether oxygens (including phenoxy) is 2. The fraction of sp³-hybridized carbons (Fsp3) is 0.300. The van der Waals surface area contributed by atoms with Crippen molar-refractivity contribution in [2.45, 2.75) is 45.4 Å². The maximum absolute atomic E-state index is 12.5. The van der Waals surface area contributed by atoms with E-state index >= 15 is 0 Å². The lowest BCUT2D eigenvalue weighted by Gasteiger charge is -2.40. The molecular weight excluding hydrogens is 436 g/mol. The average molecular weight is 469 g/mol. The Balaban J connectivity index is 1.43. The average Bonchev–Trinajstić information content (AvgIpc) is 3.28. The minimum Gasteiger partial charge on any atom is -0.490 e. The van der Waals surface area contributed by atoms with Crippen LogP contribution in [0.4, 0.5) is 5.69 Å². The van der Waals surface area contributed by atoms with E-state index < -0.39 is 5.66 Å². The summed E-state index contributed by atoms with van der Waals surface area (Å²) in [7, 11) is 0. The van der Waals surface area contributed by atoms with Crippen molar-refractivity contribution in [2.24, 2.45) is 0 Å². The Bertz CT molecular complexity index is 1280. The number of hydrogen-bond acceptors (Lipinski definition) is 4. The van der Waals surface area contributed by atoms with Gasteiger partial charge in [0, 0.05) is 11.1 Å². The second-order valence-corrected chi connectivity index (χ2v) is 9.79. The third-order valence-corrected chi connectivity index (χ3v) is 7.18. The van der Waals surface area contributed by atoms with Gasteiger partial charge in [-0.1, -0.05) is 74.0 Å². The van der Waals surface area contributed by atoms with Gasteiger partial charge in [-0.3, -0.25) is 4.79 Å². The first-order chi connectivity index (χ1) is 16.8. The molecule has 5 heteroatoms. The maximum atomic E-state index is 12.5. The van der Waals surface area contributed by atoms with Crippen molar-refractivity contribution in [1.82, 2.24) is 5.32 Å². The van der Waals surface area contributed by atoms with E-state index in [1.165, 1.54) is 11.1 Å². The molecule has 1 fully saturated rings. The highest BCUT2D eigenvalue weighted by Crippen LogP contribution is 2.52. The summed E-state index contributed by atoms with van der Waals surface area (Å²) in [6.07, 6.45) is 4.19. The molecule has 2 aliphatic heterocycles. The number of carbonyl (C=O) groups excluding carboxylic acids is 1. The molecular formula is C30H32N2O3. The molecule has 180 valence electrons. The van der Waals surface area contributed by atoms with E-state index in [-0.39, 0.29) is 11.3 Å². The number of rotatable bonds is 7. The topological polar surface area (TPSA) is 50.8 Å². The van der Waals surface area contributed by atoms with E-state index in [4.69, 9.17) is 9.47 Å². The second-order valence-electron chi connectivity index (χ2n) is 9.79. The van der Waals surface area contributed by atoms with E-state index in [2.05, 4.69) is 85.6 Å². The number of nitrogens with zero attached hydrogens (tertiary/aromatic N) is 1. The maximum Gasteiger partial charge on any atom is 0.241 e. The Morgan fingerprint density at radius 3 is 2.54 bits per heavy atom. The largest absolute Gasteiger partial charge is 0.490 e. The van der Waals surface area contributed by atoms with Crippen LogP contribution in [-0.4, -0.2) is 24.7 Å². The first-order valence-electron chi connectivity index (χ1n) is 12.2. The number of carbonyl (C=O) groups is 1. The van der Waals surface area contributed by atoms with Crippen molar-refractivity contribution in [3.05, 3.63) is 95.1 Å². The lowest BCUT2D eigenvalue weighted by molar-refractivity contribution is -0.118. The van der Waals surface area contributed by atoms with Crippen molar-refractivity contribution in [1.29, 1.82) is 0 Å². The van der Waals surface area contributed by atoms with Crippen molar-refractivity contribution < 1.29 is 14.3 Å². The van der Waals surface area contributed by atoms with Gasteiger partial charge in [0.2, 0.25) is 5.91 Å². The molecule has 35 heavy (non-hydrogen) atoms. The highest BCUT2D eigenvalue weighted by atomic mass is 16.5. The van der Waals surface area contributed by atoms with Gasteiger partial charge >= 0.3 is 0 Å². The first kappa shape index (κ1) is 23.0. The Hall–Kier alpha value is -3.73. The van der Waals surface area contributed by atoms with Crippen LogP contribution in [0.5, 0.6) is 11.5 Å². The van der Waals surface area contributed by atoms with E-state index in [0.717, 1.165) is 16.8 Å². The number of aryl methyl sites for hydroxylation is 1. The molecule has 2 heterocycles. The minimum atomic E-state index is -0.625. The number of amides is 1. The molecule has 1 saturated heterocycles. The molecule has 0 aliphatic carbocycles. The monoisotopic (exact) mass is 468 g/mol. The van der Waals surface area contributed by atoms with Gasteiger partial charge in [0.15, 0.2) is 11.5 Å². The summed E-state index contributed by atoms with van der Waals surface area (Å²) >= 11 is 0. The summed E-state index contributed by atoms with van der Waals surface area (Å²) in [6, 6.07) is 22.6. The molecule has 1 amide bonds. The van der Waals surface area contributed by atoms with Gasteiger partial charge < -0.3 is 19.7 Å². The van der Waals surface area contributed by atoms with Crippen molar-refractivity contribution in [3.63, 3.8) is 0 Å². The molecule has 1 N–H and O–H groups in total. The molecule has 1 atom stereocenters. The van der Waals surface area contributed by atoms with Gasteiger partial charge in [0.25, 0.3) is 0 Å². The molecule has 0 radical (unpaired) electrons. The summed E-state index contributed by atoms with van der Waals surface area (Å²) in [5.74, 6) is 1.46. The molecule has 3 aromatic carbocycles. The third-order valence-electron chi connectivity index (χ3n) is 7.18. The van der Waals surface area contributed by atoms with E-state index in [0.29, 0.717) is 31.3 Å². The third kappa shape index (κ3) is 3.95. The van der Waals surface area contributed by atoms with Gasteiger partial charge in [-0.05, 0) is 54.8 Å². The molecule has 0 spiro atoms. The molecule has 3 aromatic rings. The lowest BCUT2D eigenvalue weighted by atomic mass is 9.75. The molecule has 0 bridgehead atoms. The number of anilines is 1. The van der Waals surface area contributed by atoms with E-state index in [9.17, 15) is 4.79 Å². The lowest BCUT2D eigenvalue weighted by Crippen LogP contribution is -2.58. The van der Waals surface area contributed by atoms with Crippen LogP contribution < -0.4 is 19.7 Å². The number of fused-ring (bicyclic) bond motifs is 3. The molecule has 0 aromatic heterocycles. The van der Waals surface area contributed by atoms with Gasteiger partial charge in [0.1, 0.15) is 12.3 Å². The second kappa shape index (κ2) is 8.81. The minimum absolute atomic E-state index is 0.0343. The Morgan fingerprint density at radius 1 is 1.00 bits per heavy atom. The molecule has 0 saturated carbocycles. The number of benzene rings is 3. The summed E-state index contributed by atoms with van der Waals surface area (Å²) in [4.78, 5) is 14.7. The van der Waals surface area contributed by atoms with Crippen molar-refractivity contribution in [3.8, 4) is 11.5 Å². The Morgan fingerprint density at radius 2 is 1.77 bits per heavy atom. The summed E-state index contributed by atoms with van der Waals surface area (Å²) in [5.41, 5.74) is 4.74. The van der Waals surface area contributed by atoms with E-state index in [1.807, 2.05) is 31.2 Å². The fourth-order valence-electron chi connectivity index (χ4n) is 5.22. The zero-order chi connectivity index (χ0) is 24.6. The molecule has 5 rings (SSSR count). The molecule has 0 unspecified atom stereocenters. The van der Waals surface area contributed by atoms with Crippen LogP contribution in [-0.2, 0) is 16.8 Å². The van der Waals surface area contributed by atoms with Crippen LogP contribution >= 0.6 is 0 Å². The fourth-order valence-corrected chi connectivity index (χ4v) is 5.22. The van der Waals surface area contributed by atoms with E-state index in [1.54, 1.807) is 0 Å². The number of nitrogens with one attached hydrogen (secondary N) is 1. The van der Waals surface area contributed by atoms with Crippen LogP contribution in [0.15, 0.2) is 72.8 Å². The predicted octanol–water partition coefficient (Wildman–Crippen LogP) is 5.61. The van der Waals surface area contributed by atoms with Crippen LogP contribution in [0, 0.1) is 6.92 Å². The van der Waals surface area contributed by atoms with Crippen LogP contribution in [0.25, 0.3) is 6.08 Å². The molecule has 5 nitrogen and oxygen atoms in total. The van der Waals surface area contributed by atoms with Gasteiger partial charge in [0.05, 0.1) is 13.2 Å². The van der Waals surface area contributed by atoms with Gasteiger partial charge in [-0.2, -0.15) is 0 Å². The van der Waals surface area contributed by atoms with Crippen LogP contribution in [0.1, 0.15) is 43.0 Å². The summed E-state index contributed by atoms with van der Waals surface area (Å²) in [5, 5.41) is 3.27. The summed E-state index contributed by atoms with van der Waals surface area (Å²) < 4.78 is 12.0. The zero-order valence-electron chi connectivity index (χ0n) is 20.8. The highest BCUT2D eigenvalue weighted by molar-refractivity contribution is 5.91. The van der Waals surface area contributed by atoms with Crippen molar-refractivity contribution >= 4 is 17.7 Å². The smallest absolute Gasteiger partial charge is 0.241 e. The van der Waals surface area contributed by atoms with Gasteiger partial charge in [-0.25, -0.2) is 0 Å². The zero-order valence-corrected chi connectivity index (χ0v) is 20.8. The van der Waals surface area contributed by atoms with Crippen LogP contribution in [0.2, 0.25) is 0 Å². The Labute approximate surface area is 207 Å². The van der Waals surface area contributed by atoms with Crippen molar-refractivity contribution in [2.75, 3.05) is 18.1 Å². The quantitative estimate of drug-likeness (QED) is 0.490. The SMILES string of the molecule is CCOc1cc(/C=C/[C@]23NC(=O)CN2c2ccccc2C3(C)C)ccc1OCc1ccc(C)cc1. The Kier molecular flexibility index (Phi) is 5.79. The number of para-hydroxylation sites is 1. The first-order valence-corrected chi connectivity index (χ1v) is 12.2. The number of hydrogen-bond donors (Lipinski definition) is 1. The van der Waals surface area contributed by atoms with Gasteiger partial charge in [-0.15, -0.1) is 0 Å². The summed E-state index contributed by atoms with van der Waals surface area (Å²) in [6.45, 7) is 9.79. The van der Waals surface area contributed by atoms with Crippen LogP contribution in [0.3, 0.4) is 0 Å². The highest BCUT2D eigenvalue weighted by Gasteiger charge is 2.59. The standard InChI is InChI=1S/C30H32N2O3/c1-5-34-27-18-22(14-15-26(27)35-20-23-12-10-21(2)11-13-23)16-17-30-29(3,4)24-8-6-7-9-25(24)32(30)19-28(33)31-30/h6-18H,5,19-20H2,1-4H3,(H,31,33)/b17-16+/t30-/m0/s1. The molecule has 2 aliphatic rings.